The molecule has 1 atom stereocenters. The van der Waals surface area contributed by atoms with E-state index >= 15 is 0 Å². The van der Waals surface area contributed by atoms with Crippen molar-refractivity contribution in [3.8, 4) is 11.5 Å². The van der Waals surface area contributed by atoms with E-state index in [1.165, 1.54) is 24.5 Å². The number of benzene rings is 1. The highest BCUT2D eigenvalue weighted by atomic mass is 19.1. The first-order valence-electron chi connectivity index (χ1n) is 9.49. The Morgan fingerprint density at radius 2 is 2.21 bits per heavy atom. The molecule has 2 aromatic rings. The third-order valence-corrected chi connectivity index (χ3v) is 4.80. The molecule has 0 radical (unpaired) electrons. The lowest BCUT2D eigenvalue weighted by Gasteiger charge is -2.26. The van der Waals surface area contributed by atoms with Gasteiger partial charge >= 0.3 is 0 Å². The molecule has 0 unspecified atom stereocenters. The lowest BCUT2D eigenvalue weighted by molar-refractivity contribution is 0.0713. The van der Waals surface area contributed by atoms with Gasteiger partial charge in [0.1, 0.15) is 17.9 Å². The molecule has 1 aromatic carbocycles. The summed E-state index contributed by atoms with van der Waals surface area (Å²) in [5, 5.41) is 0. The molecule has 2 N–H and O–H groups in total. The summed E-state index contributed by atoms with van der Waals surface area (Å²) in [6.07, 6.45) is 3.85. The third kappa shape index (κ3) is 4.22. The zero-order valence-corrected chi connectivity index (χ0v) is 16.4. The fraction of sp³-hybridized carbons (Fsp3) is 0.450. The molecule has 0 bridgehead atoms. The van der Waals surface area contributed by atoms with E-state index in [4.69, 9.17) is 10.5 Å². The zero-order chi connectivity index (χ0) is 20.3. The number of nitrogens with zero attached hydrogens (tertiary/aromatic N) is 4. The lowest BCUT2D eigenvalue weighted by Crippen LogP contribution is -2.36. The summed E-state index contributed by atoms with van der Waals surface area (Å²) in [6.45, 7) is 7.66. The van der Waals surface area contributed by atoms with Gasteiger partial charge in [0.05, 0.1) is 11.8 Å². The number of carbonyl (C=O) groups is 1. The summed E-state index contributed by atoms with van der Waals surface area (Å²) in [4.78, 5) is 25.0. The van der Waals surface area contributed by atoms with Crippen LogP contribution < -0.4 is 15.4 Å². The van der Waals surface area contributed by atoms with E-state index in [1.807, 2.05) is 25.7 Å². The van der Waals surface area contributed by atoms with Crippen LogP contribution in [-0.2, 0) is 0 Å². The van der Waals surface area contributed by atoms with Crippen molar-refractivity contribution in [3.63, 3.8) is 0 Å². The Balaban J connectivity index is 1.95. The highest BCUT2D eigenvalue weighted by Crippen LogP contribution is 2.33. The van der Waals surface area contributed by atoms with Crippen molar-refractivity contribution < 1.29 is 13.9 Å². The minimum absolute atomic E-state index is 0.0182. The predicted octanol–water partition coefficient (Wildman–Crippen LogP) is 2.82. The standard InChI is InChI=1S/C20H26FN5O2/c1-4-26(13(2)3)20(27)16-9-14(21)5-6-17(16)28-18-10-23-12-24-19(18)25-8-7-15(22)11-25/h5-6,9-10,12-13,15H,4,7-8,11,22H2,1-3H3/t15-/m1/s1. The summed E-state index contributed by atoms with van der Waals surface area (Å²) in [7, 11) is 0. The SMILES string of the molecule is CCN(C(=O)c1cc(F)ccc1Oc1cncnc1N1CC[C@@H](N)C1)C(C)C. The summed E-state index contributed by atoms with van der Waals surface area (Å²) < 4.78 is 19.9. The molecule has 0 aliphatic carbocycles. The second-order valence-corrected chi connectivity index (χ2v) is 7.13. The summed E-state index contributed by atoms with van der Waals surface area (Å²) in [6, 6.07) is 4.00. The maximum atomic E-state index is 13.9. The zero-order valence-electron chi connectivity index (χ0n) is 16.4. The molecule has 1 aliphatic rings. The van der Waals surface area contributed by atoms with Crippen LogP contribution in [0.5, 0.6) is 11.5 Å². The monoisotopic (exact) mass is 387 g/mol. The molecule has 28 heavy (non-hydrogen) atoms. The Kier molecular flexibility index (Phi) is 6.08. The Morgan fingerprint density at radius 3 is 2.86 bits per heavy atom. The van der Waals surface area contributed by atoms with E-state index in [0.717, 1.165) is 13.0 Å². The van der Waals surface area contributed by atoms with Gasteiger partial charge in [-0.2, -0.15) is 0 Å². The summed E-state index contributed by atoms with van der Waals surface area (Å²) in [5.74, 6) is 0.510. The van der Waals surface area contributed by atoms with Gasteiger partial charge in [-0.1, -0.05) is 0 Å². The van der Waals surface area contributed by atoms with Crippen molar-refractivity contribution in [1.29, 1.82) is 0 Å². The van der Waals surface area contributed by atoms with Crippen LogP contribution in [0.2, 0.25) is 0 Å². The second kappa shape index (κ2) is 8.52. The normalized spacial score (nSPS) is 16.5. The molecular weight excluding hydrogens is 361 g/mol. The number of hydrogen-bond acceptors (Lipinski definition) is 6. The number of ether oxygens (including phenoxy) is 1. The van der Waals surface area contributed by atoms with Crippen LogP contribution in [0.1, 0.15) is 37.6 Å². The van der Waals surface area contributed by atoms with Crippen LogP contribution in [0, 0.1) is 5.82 Å². The number of amides is 1. The molecule has 150 valence electrons. The van der Waals surface area contributed by atoms with Gasteiger partial charge in [-0.05, 0) is 45.4 Å². The Bertz CT molecular complexity index is 845. The van der Waals surface area contributed by atoms with Crippen LogP contribution in [0.3, 0.4) is 0 Å². The fourth-order valence-corrected chi connectivity index (χ4v) is 3.37. The van der Waals surface area contributed by atoms with Crippen LogP contribution in [-0.4, -0.2) is 52.5 Å². The number of nitrogens with two attached hydrogens (primary N) is 1. The quantitative estimate of drug-likeness (QED) is 0.820. The first-order chi connectivity index (χ1) is 13.4. The first kappa shape index (κ1) is 20.0. The van der Waals surface area contributed by atoms with E-state index < -0.39 is 5.82 Å². The fourth-order valence-electron chi connectivity index (χ4n) is 3.37. The van der Waals surface area contributed by atoms with E-state index in [9.17, 15) is 9.18 Å². The maximum absolute atomic E-state index is 13.9. The summed E-state index contributed by atoms with van der Waals surface area (Å²) in [5.41, 5.74) is 6.17. The topological polar surface area (TPSA) is 84.6 Å². The number of hydrogen-bond donors (Lipinski definition) is 1. The van der Waals surface area contributed by atoms with Crippen molar-refractivity contribution >= 4 is 11.7 Å². The molecular formula is C20H26FN5O2. The van der Waals surface area contributed by atoms with Gasteiger partial charge in [-0.15, -0.1) is 0 Å². The van der Waals surface area contributed by atoms with Crippen LogP contribution in [0.25, 0.3) is 0 Å². The van der Waals surface area contributed by atoms with Crippen LogP contribution in [0.15, 0.2) is 30.7 Å². The van der Waals surface area contributed by atoms with Crippen LogP contribution >= 0.6 is 0 Å². The predicted molar refractivity (Wildman–Crippen MR) is 105 cm³/mol. The molecule has 1 aromatic heterocycles. The lowest BCUT2D eigenvalue weighted by atomic mass is 10.1. The first-order valence-corrected chi connectivity index (χ1v) is 9.49. The van der Waals surface area contributed by atoms with Gasteiger partial charge < -0.3 is 20.3 Å². The Labute approximate surface area is 164 Å². The van der Waals surface area contributed by atoms with Crippen molar-refractivity contribution in [2.45, 2.75) is 39.3 Å². The molecule has 2 heterocycles. The molecule has 1 saturated heterocycles. The average Bonchev–Trinajstić information content (AvgIpc) is 3.10. The molecule has 0 saturated carbocycles. The van der Waals surface area contributed by atoms with E-state index in [2.05, 4.69) is 9.97 Å². The minimum atomic E-state index is -0.495. The molecule has 7 nitrogen and oxygen atoms in total. The number of halogens is 1. The van der Waals surface area contributed by atoms with Gasteiger partial charge in [-0.3, -0.25) is 4.79 Å². The van der Waals surface area contributed by atoms with E-state index in [1.54, 1.807) is 11.1 Å². The van der Waals surface area contributed by atoms with E-state index in [-0.39, 0.29) is 29.3 Å². The molecule has 8 heteroatoms. The Morgan fingerprint density at radius 1 is 1.43 bits per heavy atom. The highest BCUT2D eigenvalue weighted by Gasteiger charge is 2.26. The number of rotatable bonds is 6. The van der Waals surface area contributed by atoms with Crippen molar-refractivity contribution in [3.05, 3.63) is 42.1 Å². The second-order valence-electron chi connectivity index (χ2n) is 7.13. The van der Waals surface area contributed by atoms with Gasteiger partial charge in [0.15, 0.2) is 11.6 Å². The molecule has 0 spiro atoms. The number of anilines is 1. The molecule has 1 amide bonds. The minimum Gasteiger partial charge on any atom is -0.451 e. The number of carbonyl (C=O) groups excluding carboxylic acids is 1. The van der Waals surface area contributed by atoms with Crippen LogP contribution in [0.4, 0.5) is 10.2 Å². The van der Waals surface area contributed by atoms with Crippen molar-refractivity contribution in [2.75, 3.05) is 24.5 Å². The third-order valence-electron chi connectivity index (χ3n) is 4.80. The molecule has 1 fully saturated rings. The van der Waals surface area contributed by atoms with E-state index in [0.29, 0.717) is 24.7 Å². The maximum Gasteiger partial charge on any atom is 0.257 e. The van der Waals surface area contributed by atoms with Crippen molar-refractivity contribution in [2.24, 2.45) is 5.73 Å². The highest BCUT2D eigenvalue weighted by molar-refractivity contribution is 5.97. The summed E-state index contributed by atoms with van der Waals surface area (Å²) >= 11 is 0. The van der Waals surface area contributed by atoms with Gasteiger partial charge in [0.25, 0.3) is 5.91 Å². The molecule has 3 rings (SSSR count). The largest absolute Gasteiger partial charge is 0.451 e. The van der Waals surface area contributed by atoms with Gasteiger partial charge in [-0.25, -0.2) is 14.4 Å². The number of aromatic nitrogens is 2. The molecule has 1 aliphatic heterocycles. The van der Waals surface area contributed by atoms with Crippen molar-refractivity contribution in [1.82, 2.24) is 14.9 Å². The Hall–Kier alpha value is -2.74. The smallest absolute Gasteiger partial charge is 0.257 e. The van der Waals surface area contributed by atoms with Gasteiger partial charge in [0.2, 0.25) is 0 Å². The van der Waals surface area contributed by atoms with Gasteiger partial charge in [0, 0.05) is 31.7 Å². The average molecular weight is 387 g/mol.